The van der Waals surface area contributed by atoms with Gasteiger partial charge in [-0.25, -0.2) is 34.6 Å². The van der Waals surface area contributed by atoms with Crippen LogP contribution in [0, 0.1) is 32.4 Å². The lowest BCUT2D eigenvalue weighted by molar-refractivity contribution is 0.417. The van der Waals surface area contributed by atoms with Crippen molar-refractivity contribution in [1.82, 2.24) is 18.7 Å². The van der Waals surface area contributed by atoms with E-state index in [9.17, 15) is 25.6 Å². The second-order valence-corrected chi connectivity index (χ2v) is 15.1. The van der Waals surface area contributed by atoms with Crippen molar-refractivity contribution in [3.8, 4) is 28.0 Å². The molecule has 0 saturated carbocycles. The van der Waals surface area contributed by atoms with E-state index in [2.05, 4.69) is 14.8 Å². The minimum atomic E-state index is -4.11. The summed E-state index contributed by atoms with van der Waals surface area (Å²) in [5.41, 5.74) is 5.17. The Bertz CT molecular complexity index is 2420. The highest BCUT2D eigenvalue weighted by molar-refractivity contribution is 7.92. The van der Waals surface area contributed by atoms with Crippen LogP contribution < -0.4 is 9.46 Å². The lowest BCUT2D eigenvalue weighted by Crippen LogP contribution is -2.12. The second-order valence-electron chi connectivity index (χ2n) is 11.5. The summed E-state index contributed by atoms with van der Waals surface area (Å²) in [5, 5.41) is 5.13. The molecule has 0 aliphatic heterocycles. The molecule has 0 atom stereocenters. The van der Waals surface area contributed by atoms with Crippen molar-refractivity contribution in [2.24, 2.45) is 0 Å². The Morgan fingerprint density at radius 1 is 0.875 bits per heavy atom. The average Bonchev–Trinajstić information content (AvgIpc) is 3.51. The number of aromatic nitrogens is 4. The predicted molar refractivity (Wildman–Crippen MR) is 180 cm³/mol. The Kier molecular flexibility index (Phi) is 8.33. The molecule has 0 spiro atoms. The standard InChI is InChI=1S/C34H31F2N5O5S2/c1-20-6-9-28(10-7-20)48(44,45)41-19-30(33-21(2)38-40(22(33)3)18-23-12-26(35)16-27(36)13-23)29-14-25(17-37-34(29)41)24-8-11-32(46-4)31(15-24)39-47(5,42)43/h6-17,19,39H,18H2,1-5H3. The fourth-order valence-electron chi connectivity index (χ4n) is 5.73. The number of nitrogens with zero attached hydrogens (tertiary/aromatic N) is 4. The van der Waals surface area contributed by atoms with Gasteiger partial charge in [-0.15, -0.1) is 0 Å². The summed E-state index contributed by atoms with van der Waals surface area (Å²) in [6, 6.07) is 16.5. The van der Waals surface area contributed by atoms with Crippen LogP contribution in [0.5, 0.6) is 5.75 Å². The third-order valence-electron chi connectivity index (χ3n) is 7.92. The van der Waals surface area contributed by atoms with Gasteiger partial charge in [0.05, 0.1) is 36.2 Å². The molecule has 0 unspecified atom stereocenters. The summed E-state index contributed by atoms with van der Waals surface area (Å²) in [7, 11) is -6.31. The van der Waals surface area contributed by atoms with Gasteiger partial charge in [-0.05, 0) is 74.4 Å². The molecule has 3 aromatic carbocycles. The van der Waals surface area contributed by atoms with Crippen LogP contribution in [0.4, 0.5) is 14.5 Å². The van der Waals surface area contributed by atoms with Crippen LogP contribution >= 0.6 is 0 Å². The van der Waals surface area contributed by atoms with Gasteiger partial charge >= 0.3 is 0 Å². The summed E-state index contributed by atoms with van der Waals surface area (Å²) >= 11 is 0. The third-order valence-corrected chi connectivity index (χ3v) is 10.2. The monoisotopic (exact) mass is 691 g/mol. The zero-order chi connectivity index (χ0) is 34.5. The van der Waals surface area contributed by atoms with Crippen LogP contribution in [0.15, 0.2) is 84.0 Å². The van der Waals surface area contributed by atoms with Crippen LogP contribution in [-0.4, -0.2) is 48.9 Å². The molecule has 0 saturated heterocycles. The molecule has 0 radical (unpaired) electrons. The van der Waals surface area contributed by atoms with Gasteiger partial charge in [0.1, 0.15) is 17.4 Å². The molecular weight excluding hydrogens is 661 g/mol. The Morgan fingerprint density at radius 3 is 2.21 bits per heavy atom. The third kappa shape index (κ3) is 6.28. The van der Waals surface area contributed by atoms with Crippen molar-refractivity contribution in [3.05, 3.63) is 113 Å². The van der Waals surface area contributed by atoms with Crippen LogP contribution in [0.2, 0.25) is 0 Å². The molecule has 0 fully saturated rings. The number of rotatable bonds is 9. The number of hydrogen-bond donors (Lipinski definition) is 1. The van der Waals surface area contributed by atoms with Gasteiger partial charge in [0.25, 0.3) is 10.0 Å². The highest BCUT2D eigenvalue weighted by atomic mass is 32.2. The maximum atomic E-state index is 14.0. The smallest absolute Gasteiger partial charge is 0.269 e. The van der Waals surface area contributed by atoms with Crippen LogP contribution in [0.25, 0.3) is 33.3 Å². The quantitative estimate of drug-likeness (QED) is 0.185. The van der Waals surface area contributed by atoms with Gasteiger partial charge in [0.15, 0.2) is 5.65 Å². The van der Waals surface area contributed by atoms with Crippen LogP contribution in [0.1, 0.15) is 22.5 Å². The number of hydrogen-bond acceptors (Lipinski definition) is 7. The molecule has 3 aromatic heterocycles. The number of fused-ring (bicyclic) bond motifs is 1. The van der Waals surface area contributed by atoms with E-state index < -0.39 is 31.7 Å². The number of methoxy groups -OCH3 is 1. The van der Waals surface area contributed by atoms with E-state index in [-0.39, 0.29) is 22.8 Å². The van der Waals surface area contributed by atoms with Crippen molar-refractivity contribution < 1.29 is 30.4 Å². The fourth-order valence-corrected chi connectivity index (χ4v) is 7.61. The van der Waals surface area contributed by atoms with Gasteiger partial charge in [-0.2, -0.15) is 5.10 Å². The zero-order valence-electron chi connectivity index (χ0n) is 26.6. The number of ether oxygens (including phenoxy) is 1. The highest BCUT2D eigenvalue weighted by Gasteiger charge is 2.26. The lowest BCUT2D eigenvalue weighted by Gasteiger charge is -2.12. The van der Waals surface area contributed by atoms with E-state index >= 15 is 0 Å². The molecular formula is C34H31F2N5O5S2. The number of anilines is 1. The average molecular weight is 692 g/mol. The lowest BCUT2D eigenvalue weighted by atomic mass is 10.0. The molecule has 0 amide bonds. The van der Waals surface area contributed by atoms with Gasteiger partial charge in [-0.1, -0.05) is 23.8 Å². The first-order chi connectivity index (χ1) is 22.6. The first kappa shape index (κ1) is 32.8. The van der Waals surface area contributed by atoms with E-state index in [1.807, 2.05) is 6.92 Å². The molecule has 14 heteroatoms. The number of sulfonamides is 1. The molecule has 248 valence electrons. The minimum Gasteiger partial charge on any atom is -0.495 e. The largest absolute Gasteiger partial charge is 0.495 e. The van der Waals surface area contributed by atoms with Crippen molar-refractivity contribution in [2.45, 2.75) is 32.2 Å². The normalized spacial score (nSPS) is 12.1. The second kappa shape index (κ2) is 12.2. The summed E-state index contributed by atoms with van der Waals surface area (Å²) in [5.74, 6) is -1.10. The molecule has 6 aromatic rings. The number of halogens is 2. The molecule has 1 N–H and O–H groups in total. The number of nitrogens with one attached hydrogen (secondary N) is 1. The van der Waals surface area contributed by atoms with E-state index in [0.29, 0.717) is 50.3 Å². The maximum absolute atomic E-state index is 14.0. The van der Waals surface area contributed by atoms with Gasteiger partial charge in [0.2, 0.25) is 10.0 Å². The Balaban J connectivity index is 1.56. The molecule has 0 aliphatic carbocycles. The Hall–Kier alpha value is -5.08. The molecule has 6 rings (SSSR count). The minimum absolute atomic E-state index is 0.0753. The van der Waals surface area contributed by atoms with Gasteiger partial charge in [0, 0.05) is 46.2 Å². The molecule has 48 heavy (non-hydrogen) atoms. The predicted octanol–water partition coefficient (Wildman–Crippen LogP) is 6.44. The van der Waals surface area contributed by atoms with Crippen molar-refractivity contribution in [2.75, 3.05) is 18.1 Å². The number of pyridine rings is 1. The fraction of sp³-hybridized carbons (Fsp3) is 0.176. The summed E-state index contributed by atoms with van der Waals surface area (Å²) in [6.45, 7) is 5.51. The Labute approximate surface area is 276 Å². The zero-order valence-corrected chi connectivity index (χ0v) is 28.2. The first-order valence-electron chi connectivity index (χ1n) is 14.6. The van der Waals surface area contributed by atoms with Crippen LogP contribution in [0.3, 0.4) is 0 Å². The summed E-state index contributed by atoms with van der Waals surface area (Å²) < 4.78 is 90.7. The van der Waals surface area contributed by atoms with E-state index in [1.54, 1.807) is 54.9 Å². The van der Waals surface area contributed by atoms with E-state index in [4.69, 9.17) is 4.74 Å². The molecule has 0 bridgehead atoms. The molecule has 10 nitrogen and oxygen atoms in total. The van der Waals surface area contributed by atoms with E-state index in [1.165, 1.54) is 43.8 Å². The maximum Gasteiger partial charge on any atom is 0.269 e. The Morgan fingerprint density at radius 2 is 1.56 bits per heavy atom. The first-order valence-corrected chi connectivity index (χ1v) is 18.0. The number of benzene rings is 3. The summed E-state index contributed by atoms with van der Waals surface area (Å²) in [4.78, 5) is 4.69. The van der Waals surface area contributed by atoms with Crippen molar-refractivity contribution in [1.29, 1.82) is 0 Å². The molecule has 0 aliphatic rings. The topological polar surface area (TPSA) is 125 Å². The van der Waals surface area contributed by atoms with Gasteiger partial charge < -0.3 is 4.74 Å². The van der Waals surface area contributed by atoms with Crippen molar-refractivity contribution >= 4 is 36.8 Å². The van der Waals surface area contributed by atoms with Crippen molar-refractivity contribution in [3.63, 3.8) is 0 Å². The van der Waals surface area contributed by atoms with Gasteiger partial charge in [-0.3, -0.25) is 9.40 Å². The summed E-state index contributed by atoms with van der Waals surface area (Å²) in [6.07, 6.45) is 4.05. The molecule has 3 heterocycles. The number of aryl methyl sites for hydroxylation is 2. The SMILES string of the molecule is COc1ccc(-c2cnc3c(c2)c(-c2c(C)nn(Cc4cc(F)cc(F)c4)c2C)cn3S(=O)(=O)c2ccc(C)cc2)cc1NS(C)(=O)=O. The highest BCUT2D eigenvalue weighted by Crippen LogP contribution is 2.39. The van der Waals surface area contributed by atoms with E-state index in [0.717, 1.165) is 21.9 Å². The van der Waals surface area contributed by atoms with Crippen LogP contribution in [-0.2, 0) is 26.6 Å².